The monoisotopic (exact) mass is 275 g/mol. The minimum atomic E-state index is -0.745. The van der Waals surface area contributed by atoms with Crippen LogP contribution in [0.4, 0.5) is 0 Å². The van der Waals surface area contributed by atoms with E-state index < -0.39 is 11.5 Å². The molecule has 1 fully saturated rings. The zero-order valence-electron chi connectivity index (χ0n) is 11.5. The van der Waals surface area contributed by atoms with E-state index >= 15 is 0 Å². The third-order valence-electron chi connectivity index (χ3n) is 3.40. The molecule has 0 aromatic rings. The largest absolute Gasteiger partial charge is 0.480 e. The maximum Gasteiger partial charge on any atom is 0.323 e. The summed E-state index contributed by atoms with van der Waals surface area (Å²) in [6.07, 6.45) is 3.09. The van der Waals surface area contributed by atoms with Crippen LogP contribution in [0.2, 0.25) is 0 Å². The van der Waals surface area contributed by atoms with Gasteiger partial charge in [-0.15, -0.1) is 0 Å². The maximum atomic E-state index is 11.5. The van der Waals surface area contributed by atoms with Crippen molar-refractivity contribution in [3.8, 4) is 0 Å². The number of rotatable bonds is 7. The maximum absolute atomic E-state index is 11.5. The highest BCUT2D eigenvalue weighted by Gasteiger charge is 2.46. The van der Waals surface area contributed by atoms with Gasteiger partial charge in [-0.1, -0.05) is 6.92 Å². The molecule has 18 heavy (non-hydrogen) atoms. The van der Waals surface area contributed by atoms with Crippen molar-refractivity contribution in [3.63, 3.8) is 0 Å². The number of aliphatic hydroxyl groups is 1. The number of nitrogens with one attached hydrogen (secondary N) is 1. The van der Waals surface area contributed by atoms with Gasteiger partial charge in [0.15, 0.2) is 0 Å². The summed E-state index contributed by atoms with van der Waals surface area (Å²) in [5.41, 5.74) is -0.745. The molecule has 0 heterocycles. The van der Waals surface area contributed by atoms with Crippen molar-refractivity contribution < 1.29 is 15.0 Å². The van der Waals surface area contributed by atoms with E-state index in [1.807, 2.05) is 25.6 Å². The molecule has 106 valence electrons. The lowest BCUT2D eigenvalue weighted by atomic mass is 9.97. The second kappa shape index (κ2) is 6.78. The van der Waals surface area contributed by atoms with Crippen LogP contribution in [0.3, 0.4) is 0 Å². The van der Waals surface area contributed by atoms with Crippen LogP contribution in [-0.2, 0) is 4.79 Å². The Balaban J connectivity index is 2.57. The van der Waals surface area contributed by atoms with Gasteiger partial charge in [0.05, 0.1) is 0 Å². The topological polar surface area (TPSA) is 69.6 Å². The molecule has 0 saturated heterocycles. The standard InChI is InChI=1S/C13H25NO3S/c1-9(2)14-13(12(16)17)6-4-11(8-13)18-10(3)5-7-15/h9-11,14-15H,4-8H2,1-3H3,(H,16,17). The van der Waals surface area contributed by atoms with Crippen molar-refractivity contribution in [2.45, 2.75) is 68.5 Å². The van der Waals surface area contributed by atoms with E-state index in [9.17, 15) is 9.90 Å². The van der Waals surface area contributed by atoms with Crippen LogP contribution >= 0.6 is 11.8 Å². The molecule has 0 spiro atoms. The Bertz CT molecular complexity index is 285. The van der Waals surface area contributed by atoms with Crippen molar-refractivity contribution in [1.82, 2.24) is 5.32 Å². The average molecular weight is 275 g/mol. The van der Waals surface area contributed by atoms with Crippen LogP contribution in [0, 0.1) is 0 Å². The molecule has 1 aliphatic rings. The Hall–Kier alpha value is -0.260. The molecule has 4 nitrogen and oxygen atoms in total. The SMILES string of the molecule is CC(C)NC1(C(=O)O)CCC(SC(C)CCO)C1. The predicted molar refractivity (Wildman–Crippen MR) is 75.0 cm³/mol. The van der Waals surface area contributed by atoms with Gasteiger partial charge >= 0.3 is 5.97 Å². The first-order valence-electron chi connectivity index (χ1n) is 6.67. The molecule has 1 saturated carbocycles. The van der Waals surface area contributed by atoms with Crippen molar-refractivity contribution >= 4 is 17.7 Å². The van der Waals surface area contributed by atoms with Crippen LogP contribution in [0.1, 0.15) is 46.5 Å². The first kappa shape index (κ1) is 15.8. The lowest BCUT2D eigenvalue weighted by Gasteiger charge is -2.28. The fraction of sp³-hybridized carbons (Fsp3) is 0.923. The molecule has 0 radical (unpaired) electrons. The molecule has 1 rings (SSSR count). The van der Waals surface area contributed by atoms with Crippen molar-refractivity contribution in [2.24, 2.45) is 0 Å². The first-order chi connectivity index (χ1) is 8.39. The number of hydrogen-bond acceptors (Lipinski definition) is 4. The summed E-state index contributed by atoms with van der Waals surface area (Å²) in [7, 11) is 0. The number of aliphatic carboxylic acids is 1. The fourth-order valence-electron chi connectivity index (χ4n) is 2.63. The van der Waals surface area contributed by atoms with Gasteiger partial charge in [0.2, 0.25) is 0 Å². The third-order valence-corrected chi connectivity index (χ3v) is 4.89. The van der Waals surface area contributed by atoms with Crippen LogP contribution in [0.5, 0.6) is 0 Å². The summed E-state index contributed by atoms with van der Waals surface area (Å²) < 4.78 is 0. The van der Waals surface area contributed by atoms with E-state index in [4.69, 9.17) is 5.11 Å². The summed E-state index contributed by atoms with van der Waals surface area (Å²) in [5, 5.41) is 22.4. The van der Waals surface area contributed by atoms with Gasteiger partial charge < -0.3 is 10.2 Å². The minimum absolute atomic E-state index is 0.180. The van der Waals surface area contributed by atoms with E-state index in [1.165, 1.54) is 0 Å². The lowest BCUT2D eigenvalue weighted by Crippen LogP contribution is -2.53. The molecular formula is C13H25NO3S. The smallest absolute Gasteiger partial charge is 0.323 e. The van der Waals surface area contributed by atoms with Crippen molar-refractivity contribution in [1.29, 1.82) is 0 Å². The van der Waals surface area contributed by atoms with E-state index in [0.717, 1.165) is 12.8 Å². The van der Waals surface area contributed by atoms with Gasteiger partial charge in [0.25, 0.3) is 0 Å². The summed E-state index contributed by atoms with van der Waals surface area (Å²) in [4.78, 5) is 11.5. The van der Waals surface area contributed by atoms with E-state index in [-0.39, 0.29) is 12.6 Å². The summed E-state index contributed by atoms with van der Waals surface area (Å²) in [5.74, 6) is -0.728. The van der Waals surface area contributed by atoms with Crippen LogP contribution in [0.15, 0.2) is 0 Å². The van der Waals surface area contributed by atoms with Crippen molar-refractivity contribution in [2.75, 3.05) is 6.61 Å². The Labute approximate surface area is 114 Å². The highest BCUT2D eigenvalue weighted by atomic mass is 32.2. The third kappa shape index (κ3) is 4.14. The molecule has 0 aliphatic heterocycles. The van der Waals surface area contributed by atoms with Gasteiger partial charge in [0, 0.05) is 23.1 Å². The number of carboxylic acids is 1. The zero-order valence-corrected chi connectivity index (χ0v) is 12.3. The average Bonchev–Trinajstić information content (AvgIpc) is 2.61. The zero-order chi connectivity index (χ0) is 13.8. The molecule has 0 bridgehead atoms. The minimum Gasteiger partial charge on any atom is -0.480 e. The number of carboxylic acid groups (broad SMARTS) is 1. The van der Waals surface area contributed by atoms with Gasteiger partial charge in [-0.2, -0.15) is 11.8 Å². The second-order valence-electron chi connectivity index (χ2n) is 5.51. The number of aliphatic hydroxyl groups excluding tert-OH is 1. The Morgan fingerprint density at radius 1 is 1.50 bits per heavy atom. The summed E-state index contributed by atoms with van der Waals surface area (Å²) >= 11 is 1.82. The summed E-state index contributed by atoms with van der Waals surface area (Å²) in [6, 6.07) is 0.180. The molecule has 5 heteroatoms. The van der Waals surface area contributed by atoms with Crippen LogP contribution in [0.25, 0.3) is 0 Å². The molecule has 0 aromatic heterocycles. The Morgan fingerprint density at radius 2 is 2.17 bits per heavy atom. The number of thioether (sulfide) groups is 1. The first-order valence-corrected chi connectivity index (χ1v) is 7.61. The molecule has 0 amide bonds. The molecule has 3 atom stereocenters. The highest BCUT2D eigenvalue weighted by molar-refractivity contribution is 8.00. The molecule has 0 aromatic carbocycles. The molecule has 3 N–H and O–H groups in total. The highest BCUT2D eigenvalue weighted by Crippen LogP contribution is 2.39. The number of carbonyl (C=O) groups is 1. The molecule has 1 aliphatic carbocycles. The molecule has 3 unspecified atom stereocenters. The van der Waals surface area contributed by atoms with Gasteiger partial charge in [-0.3, -0.25) is 10.1 Å². The second-order valence-corrected chi connectivity index (χ2v) is 7.25. The van der Waals surface area contributed by atoms with Crippen molar-refractivity contribution in [3.05, 3.63) is 0 Å². The van der Waals surface area contributed by atoms with E-state index in [2.05, 4.69) is 12.2 Å². The predicted octanol–water partition coefficient (Wildman–Crippen LogP) is 1.86. The lowest BCUT2D eigenvalue weighted by molar-refractivity contribution is -0.145. The van der Waals surface area contributed by atoms with Gasteiger partial charge in [0.1, 0.15) is 5.54 Å². The van der Waals surface area contributed by atoms with Gasteiger partial charge in [-0.05, 0) is 39.5 Å². The summed E-state index contributed by atoms with van der Waals surface area (Å²) in [6.45, 7) is 6.27. The van der Waals surface area contributed by atoms with Gasteiger partial charge in [-0.25, -0.2) is 0 Å². The molecular weight excluding hydrogens is 250 g/mol. The quantitative estimate of drug-likeness (QED) is 0.661. The van der Waals surface area contributed by atoms with E-state index in [1.54, 1.807) is 0 Å². The van der Waals surface area contributed by atoms with E-state index in [0.29, 0.717) is 23.3 Å². The van der Waals surface area contributed by atoms with Crippen LogP contribution < -0.4 is 5.32 Å². The Kier molecular flexibility index (Phi) is 5.95. The van der Waals surface area contributed by atoms with Crippen LogP contribution in [-0.4, -0.2) is 44.9 Å². The normalized spacial score (nSPS) is 29.7. The fourth-order valence-corrected chi connectivity index (χ4v) is 4.17. The Morgan fingerprint density at radius 3 is 2.67 bits per heavy atom. The number of hydrogen-bond donors (Lipinski definition) is 3.